The minimum atomic E-state index is -1.08. The Bertz CT molecular complexity index is 931. The maximum atomic E-state index is 12.9. The van der Waals surface area contributed by atoms with Crippen molar-refractivity contribution in [3.63, 3.8) is 0 Å². The van der Waals surface area contributed by atoms with Crippen LogP contribution in [0, 0.1) is 0 Å². The van der Waals surface area contributed by atoms with Gasteiger partial charge in [-0.15, -0.1) is 11.3 Å². The van der Waals surface area contributed by atoms with E-state index in [1.165, 1.54) is 15.9 Å². The van der Waals surface area contributed by atoms with E-state index in [1.807, 2.05) is 35.7 Å². The zero-order valence-corrected chi connectivity index (χ0v) is 13.9. The summed E-state index contributed by atoms with van der Waals surface area (Å²) in [6.45, 7) is -0.0423. The van der Waals surface area contributed by atoms with Crippen molar-refractivity contribution in [2.75, 3.05) is 13.7 Å². The van der Waals surface area contributed by atoms with E-state index in [9.17, 15) is 9.59 Å². The summed E-state index contributed by atoms with van der Waals surface area (Å²) in [7, 11) is 1.55. The lowest BCUT2D eigenvalue weighted by atomic mass is 10.1. The lowest BCUT2D eigenvalue weighted by Crippen LogP contribution is -2.29. The van der Waals surface area contributed by atoms with Crippen molar-refractivity contribution < 1.29 is 14.6 Å². The normalized spacial score (nSPS) is 11.0. The molecule has 3 aromatic rings. The number of carbonyl (C=O) groups is 1. The Balaban J connectivity index is 2.23. The van der Waals surface area contributed by atoms with Gasteiger partial charge in [0.15, 0.2) is 0 Å². The van der Waals surface area contributed by atoms with Crippen molar-refractivity contribution in [3.8, 4) is 11.1 Å². The number of carboxylic acids is 1. The van der Waals surface area contributed by atoms with E-state index in [-0.39, 0.29) is 5.56 Å². The molecular formula is C17H16N2O4S. The summed E-state index contributed by atoms with van der Waals surface area (Å²) in [4.78, 5) is 29.2. The second kappa shape index (κ2) is 6.94. The first-order chi connectivity index (χ1) is 11.6. The van der Waals surface area contributed by atoms with Gasteiger partial charge in [-0.1, -0.05) is 30.3 Å². The second-order valence-electron chi connectivity index (χ2n) is 5.25. The smallest absolute Gasteiger partial charge is 0.323 e. The molecule has 0 bridgehead atoms. The maximum absolute atomic E-state index is 12.9. The third-order valence-electron chi connectivity index (χ3n) is 3.68. The molecule has 0 fully saturated rings. The number of ether oxygens (including phenoxy) is 1. The summed E-state index contributed by atoms with van der Waals surface area (Å²) in [5, 5.41) is 11.5. The van der Waals surface area contributed by atoms with Crippen molar-refractivity contribution in [1.82, 2.24) is 9.55 Å². The highest BCUT2D eigenvalue weighted by atomic mass is 32.1. The molecule has 2 aromatic heterocycles. The SMILES string of the molecule is COCCc1nc2scc(-c3ccccc3)c2c(=O)n1CC(=O)O. The molecule has 0 aliphatic carbocycles. The number of fused-ring (bicyclic) bond motifs is 1. The number of hydrogen-bond donors (Lipinski definition) is 1. The molecule has 0 radical (unpaired) electrons. The van der Waals surface area contributed by atoms with E-state index >= 15 is 0 Å². The van der Waals surface area contributed by atoms with Gasteiger partial charge in [0.2, 0.25) is 0 Å². The quantitative estimate of drug-likeness (QED) is 0.742. The predicted octanol–water partition coefficient (Wildman–Crippen LogP) is 2.40. The molecule has 0 saturated heterocycles. The van der Waals surface area contributed by atoms with Gasteiger partial charge in [0.05, 0.1) is 12.0 Å². The molecule has 7 heteroatoms. The van der Waals surface area contributed by atoms with Gasteiger partial charge < -0.3 is 9.84 Å². The number of aromatic nitrogens is 2. The van der Waals surface area contributed by atoms with Crippen molar-refractivity contribution in [1.29, 1.82) is 0 Å². The van der Waals surface area contributed by atoms with Gasteiger partial charge in [-0.2, -0.15) is 0 Å². The van der Waals surface area contributed by atoms with Gasteiger partial charge in [0.1, 0.15) is 17.2 Å². The van der Waals surface area contributed by atoms with Crippen LogP contribution in [0.3, 0.4) is 0 Å². The molecule has 0 saturated carbocycles. The number of methoxy groups -OCH3 is 1. The first-order valence-electron chi connectivity index (χ1n) is 7.39. The van der Waals surface area contributed by atoms with Gasteiger partial charge in [-0.25, -0.2) is 4.98 Å². The van der Waals surface area contributed by atoms with Crippen molar-refractivity contribution in [2.45, 2.75) is 13.0 Å². The van der Waals surface area contributed by atoms with Gasteiger partial charge in [0.25, 0.3) is 5.56 Å². The van der Waals surface area contributed by atoms with Crippen LogP contribution in [0.25, 0.3) is 21.3 Å². The van der Waals surface area contributed by atoms with Crippen LogP contribution in [-0.4, -0.2) is 34.3 Å². The third kappa shape index (κ3) is 3.08. The van der Waals surface area contributed by atoms with Gasteiger partial charge in [-0.05, 0) is 5.56 Å². The Morgan fingerprint density at radius 1 is 1.33 bits per heavy atom. The van der Waals surface area contributed by atoms with Crippen LogP contribution < -0.4 is 5.56 Å². The highest BCUT2D eigenvalue weighted by Gasteiger charge is 2.18. The molecule has 3 rings (SSSR count). The molecule has 0 amide bonds. The lowest BCUT2D eigenvalue weighted by molar-refractivity contribution is -0.137. The van der Waals surface area contributed by atoms with E-state index in [1.54, 1.807) is 7.11 Å². The van der Waals surface area contributed by atoms with Crippen LogP contribution in [0.2, 0.25) is 0 Å². The summed E-state index contributed by atoms with van der Waals surface area (Å²) in [6, 6.07) is 9.54. The summed E-state index contributed by atoms with van der Waals surface area (Å²) >= 11 is 1.39. The largest absolute Gasteiger partial charge is 0.480 e. The molecule has 0 aliphatic heterocycles. The van der Waals surface area contributed by atoms with Gasteiger partial charge in [-0.3, -0.25) is 14.2 Å². The molecule has 0 spiro atoms. The summed E-state index contributed by atoms with van der Waals surface area (Å²) < 4.78 is 6.26. The highest BCUT2D eigenvalue weighted by molar-refractivity contribution is 7.17. The molecule has 0 aliphatic rings. The van der Waals surface area contributed by atoms with Crippen LogP contribution in [0.4, 0.5) is 0 Å². The Hall–Kier alpha value is -2.51. The zero-order valence-electron chi connectivity index (χ0n) is 13.1. The van der Waals surface area contributed by atoms with Gasteiger partial charge >= 0.3 is 5.97 Å². The van der Waals surface area contributed by atoms with Crippen LogP contribution in [0.5, 0.6) is 0 Å². The van der Waals surface area contributed by atoms with E-state index in [0.29, 0.717) is 29.1 Å². The van der Waals surface area contributed by atoms with Crippen LogP contribution >= 0.6 is 11.3 Å². The molecule has 1 aromatic carbocycles. The molecule has 2 heterocycles. The fraction of sp³-hybridized carbons (Fsp3) is 0.235. The van der Waals surface area contributed by atoms with Crippen molar-refractivity contribution in [3.05, 3.63) is 51.9 Å². The van der Waals surface area contributed by atoms with Crippen molar-refractivity contribution in [2.24, 2.45) is 0 Å². The molecule has 1 N–H and O–H groups in total. The molecule has 0 atom stereocenters. The monoisotopic (exact) mass is 344 g/mol. The number of hydrogen-bond acceptors (Lipinski definition) is 5. The molecule has 24 heavy (non-hydrogen) atoms. The van der Waals surface area contributed by atoms with Gasteiger partial charge in [0, 0.05) is 24.5 Å². The number of rotatable bonds is 6. The number of thiophene rings is 1. The summed E-state index contributed by atoms with van der Waals surface area (Å²) in [5.74, 6) is -0.647. The lowest BCUT2D eigenvalue weighted by Gasteiger charge is -2.10. The third-order valence-corrected chi connectivity index (χ3v) is 4.55. The standard InChI is InChI=1S/C17H16N2O4S/c1-23-8-7-13-18-16-15(17(22)19(13)9-14(20)21)12(10-24-16)11-5-3-2-4-6-11/h2-6,10H,7-9H2,1H3,(H,20,21). The Kier molecular flexibility index (Phi) is 4.73. The first kappa shape index (κ1) is 16.4. The highest BCUT2D eigenvalue weighted by Crippen LogP contribution is 2.30. The topological polar surface area (TPSA) is 81.4 Å². The van der Waals surface area contributed by atoms with Crippen LogP contribution in [0.1, 0.15) is 5.82 Å². The predicted molar refractivity (Wildman–Crippen MR) is 92.5 cm³/mol. The average molecular weight is 344 g/mol. The molecule has 124 valence electrons. The van der Waals surface area contributed by atoms with Crippen molar-refractivity contribution >= 4 is 27.5 Å². The zero-order chi connectivity index (χ0) is 17.1. The second-order valence-corrected chi connectivity index (χ2v) is 6.11. The van der Waals surface area contributed by atoms with Crippen LogP contribution in [-0.2, 0) is 22.5 Å². The molecule has 6 nitrogen and oxygen atoms in total. The molecular weight excluding hydrogens is 328 g/mol. The number of carboxylic acid groups (broad SMARTS) is 1. The Labute approximate surface area is 142 Å². The maximum Gasteiger partial charge on any atom is 0.323 e. The minimum Gasteiger partial charge on any atom is -0.480 e. The van der Waals surface area contributed by atoms with Crippen LogP contribution in [0.15, 0.2) is 40.5 Å². The van der Waals surface area contributed by atoms with E-state index in [2.05, 4.69) is 4.98 Å². The summed E-state index contributed by atoms with van der Waals surface area (Å²) in [5.41, 5.74) is 1.37. The first-order valence-corrected chi connectivity index (χ1v) is 8.27. The van der Waals surface area contributed by atoms with E-state index < -0.39 is 12.5 Å². The number of aliphatic carboxylic acids is 1. The Morgan fingerprint density at radius 2 is 2.08 bits per heavy atom. The minimum absolute atomic E-state index is 0.325. The Morgan fingerprint density at radius 3 is 2.75 bits per heavy atom. The fourth-order valence-electron chi connectivity index (χ4n) is 2.58. The van der Waals surface area contributed by atoms with E-state index in [4.69, 9.17) is 9.84 Å². The summed E-state index contributed by atoms with van der Waals surface area (Å²) in [6.07, 6.45) is 0.382. The molecule has 0 unspecified atom stereocenters. The number of benzene rings is 1. The number of nitrogens with zero attached hydrogens (tertiary/aromatic N) is 2. The van der Waals surface area contributed by atoms with E-state index in [0.717, 1.165) is 11.1 Å². The fourth-order valence-corrected chi connectivity index (χ4v) is 3.54. The average Bonchev–Trinajstić information content (AvgIpc) is 3.00.